The van der Waals surface area contributed by atoms with Crippen molar-refractivity contribution in [1.29, 1.82) is 0 Å². The SMILES string of the molecule is ClCCCCCC[Si]OC(Cl)Cl. The third-order valence-electron chi connectivity index (χ3n) is 1.33. The van der Waals surface area contributed by atoms with E-state index in [1.807, 2.05) is 0 Å². The largest absolute Gasteiger partial charge is 0.390 e. The third-order valence-corrected chi connectivity index (χ3v) is 3.04. The van der Waals surface area contributed by atoms with Gasteiger partial charge in [0.25, 0.3) is 0 Å². The molecule has 0 fully saturated rings. The van der Waals surface area contributed by atoms with E-state index in [9.17, 15) is 0 Å². The maximum atomic E-state index is 5.53. The summed E-state index contributed by atoms with van der Waals surface area (Å²) in [6.45, 7) is 0. The first-order valence-corrected chi connectivity index (χ1v) is 6.52. The molecule has 1 nitrogen and oxygen atoms in total. The summed E-state index contributed by atoms with van der Waals surface area (Å²) in [4.78, 5) is 0. The Morgan fingerprint density at radius 2 is 1.75 bits per heavy atom. The summed E-state index contributed by atoms with van der Waals surface area (Å²) in [6.07, 6.45) is 4.71. The lowest BCUT2D eigenvalue weighted by Crippen LogP contribution is -2.01. The van der Waals surface area contributed by atoms with Crippen molar-refractivity contribution in [3.05, 3.63) is 0 Å². The molecule has 0 N–H and O–H groups in total. The predicted molar refractivity (Wildman–Crippen MR) is 56.3 cm³/mol. The van der Waals surface area contributed by atoms with E-state index in [0.29, 0.717) is 9.76 Å². The predicted octanol–water partition coefficient (Wildman–Crippen LogP) is 3.60. The van der Waals surface area contributed by atoms with Gasteiger partial charge in [-0.05, 0) is 12.5 Å². The summed E-state index contributed by atoms with van der Waals surface area (Å²) in [7, 11) is 0.428. The first kappa shape index (κ1) is 13.0. The molecule has 5 heteroatoms. The molecule has 0 atom stereocenters. The van der Waals surface area contributed by atoms with Gasteiger partial charge in [-0.2, -0.15) is 0 Å². The molecule has 0 unspecified atom stereocenters. The lowest BCUT2D eigenvalue weighted by Gasteiger charge is -2.01. The van der Waals surface area contributed by atoms with Gasteiger partial charge in [-0.25, -0.2) is 0 Å². The highest BCUT2D eigenvalue weighted by Crippen LogP contribution is 2.07. The fraction of sp³-hybridized carbons (Fsp3) is 1.00. The third kappa shape index (κ3) is 11.0. The second kappa shape index (κ2) is 10.1. The molecule has 0 saturated carbocycles. The van der Waals surface area contributed by atoms with Crippen molar-refractivity contribution < 1.29 is 4.43 Å². The highest BCUT2D eigenvalue weighted by atomic mass is 35.5. The second-order valence-electron chi connectivity index (χ2n) is 2.38. The van der Waals surface area contributed by atoms with E-state index < -0.39 is 5.02 Å². The van der Waals surface area contributed by atoms with Crippen molar-refractivity contribution in [2.45, 2.75) is 36.7 Å². The second-order valence-corrected chi connectivity index (χ2v) is 4.79. The molecular weight excluding hydrogens is 235 g/mol. The molecule has 72 valence electrons. The minimum absolute atomic E-state index is 0.428. The lowest BCUT2D eigenvalue weighted by molar-refractivity contribution is 0.374. The van der Waals surface area contributed by atoms with E-state index in [1.165, 1.54) is 19.3 Å². The minimum atomic E-state index is -0.661. The molecule has 0 aliphatic heterocycles. The van der Waals surface area contributed by atoms with Gasteiger partial charge >= 0.3 is 0 Å². The summed E-state index contributed by atoms with van der Waals surface area (Å²) in [5.41, 5.74) is 0. The molecule has 12 heavy (non-hydrogen) atoms. The molecule has 0 bridgehead atoms. The summed E-state index contributed by atoms with van der Waals surface area (Å²) >= 11 is 16.3. The van der Waals surface area contributed by atoms with Gasteiger partial charge in [-0.3, -0.25) is 0 Å². The van der Waals surface area contributed by atoms with Crippen LogP contribution in [0.2, 0.25) is 6.04 Å². The first-order chi connectivity index (χ1) is 5.77. The van der Waals surface area contributed by atoms with Gasteiger partial charge in [0.1, 0.15) is 0 Å². The zero-order valence-electron chi connectivity index (χ0n) is 6.86. The summed E-state index contributed by atoms with van der Waals surface area (Å²) in [5, 5.41) is -0.661. The number of halogens is 3. The smallest absolute Gasteiger partial charge is 0.233 e. The lowest BCUT2D eigenvalue weighted by atomic mass is 10.2. The van der Waals surface area contributed by atoms with Crippen LogP contribution in [0.3, 0.4) is 0 Å². The fourth-order valence-electron chi connectivity index (χ4n) is 0.767. The minimum Gasteiger partial charge on any atom is -0.390 e. The average Bonchev–Trinajstić information content (AvgIpc) is 2.02. The monoisotopic (exact) mass is 246 g/mol. The maximum Gasteiger partial charge on any atom is 0.233 e. The van der Waals surface area contributed by atoms with Crippen molar-refractivity contribution in [3.8, 4) is 0 Å². The van der Waals surface area contributed by atoms with Crippen LogP contribution < -0.4 is 0 Å². The van der Waals surface area contributed by atoms with E-state index >= 15 is 0 Å². The first-order valence-electron chi connectivity index (χ1n) is 4.00. The summed E-state index contributed by atoms with van der Waals surface area (Å²) in [5.74, 6) is 0.768. The standard InChI is InChI=1S/C7H13Cl3OSi/c8-5-3-1-2-4-6-12-11-7(9)10/h7H,1-6H2. The van der Waals surface area contributed by atoms with Crippen LogP contribution >= 0.6 is 34.8 Å². The fourth-order valence-corrected chi connectivity index (χ4v) is 1.97. The average molecular weight is 248 g/mol. The Bertz CT molecular complexity index is 92.7. The van der Waals surface area contributed by atoms with Crippen LogP contribution in [-0.2, 0) is 4.43 Å². The Morgan fingerprint density at radius 1 is 1.08 bits per heavy atom. The summed E-state index contributed by atoms with van der Waals surface area (Å²) in [6, 6.07) is 1.05. The summed E-state index contributed by atoms with van der Waals surface area (Å²) < 4.78 is 4.98. The van der Waals surface area contributed by atoms with Crippen LogP contribution in [-0.4, -0.2) is 20.7 Å². The normalized spacial score (nSPS) is 11.0. The molecule has 0 heterocycles. The van der Waals surface area contributed by atoms with Crippen molar-refractivity contribution in [1.82, 2.24) is 0 Å². The van der Waals surface area contributed by atoms with Gasteiger partial charge in [0.15, 0.2) is 5.02 Å². The molecule has 0 aliphatic rings. The Kier molecular flexibility index (Phi) is 11.0. The van der Waals surface area contributed by atoms with Crippen LogP contribution in [0.15, 0.2) is 0 Å². The molecule has 0 aromatic carbocycles. The number of alkyl halides is 3. The molecule has 2 radical (unpaired) electrons. The van der Waals surface area contributed by atoms with Crippen LogP contribution in [0.1, 0.15) is 25.7 Å². The molecule has 0 aromatic heterocycles. The Hall–Kier alpha value is 1.05. The van der Waals surface area contributed by atoms with Crippen LogP contribution in [0.4, 0.5) is 0 Å². The van der Waals surface area contributed by atoms with E-state index in [2.05, 4.69) is 0 Å². The van der Waals surface area contributed by atoms with Crippen molar-refractivity contribution in [2.75, 3.05) is 5.88 Å². The van der Waals surface area contributed by atoms with Gasteiger partial charge in [0.05, 0.1) is 0 Å². The molecule has 0 spiro atoms. The van der Waals surface area contributed by atoms with Crippen LogP contribution in [0.25, 0.3) is 0 Å². The van der Waals surface area contributed by atoms with Gasteiger partial charge in [-0.15, -0.1) is 11.6 Å². The highest BCUT2D eigenvalue weighted by molar-refractivity contribution is 6.45. The van der Waals surface area contributed by atoms with E-state index in [0.717, 1.165) is 18.3 Å². The highest BCUT2D eigenvalue weighted by Gasteiger charge is 1.98. The van der Waals surface area contributed by atoms with E-state index in [4.69, 9.17) is 39.2 Å². The van der Waals surface area contributed by atoms with Crippen molar-refractivity contribution in [2.24, 2.45) is 0 Å². The Balaban J connectivity index is 2.82. The molecule has 0 amide bonds. The van der Waals surface area contributed by atoms with Crippen LogP contribution in [0.5, 0.6) is 0 Å². The van der Waals surface area contributed by atoms with Gasteiger partial charge in [0.2, 0.25) is 9.76 Å². The van der Waals surface area contributed by atoms with Crippen molar-refractivity contribution in [3.63, 3.8) is 0 Å². The van der Waals surface area contributed by atoms with E-state index in [1.54, 1.807) is 0 Å². The maximum absolute atomic E-state index is 5.53. The molecular formula is C7H13Cl3OSi. The zero-order chi connectivity index (χ0) is 9.23. The van der Waals surface area contributed by atoms with Gasteiger partial charge in [-0.1, -0.05) is 42.5 Å². The van der Waals surface area contributed by atoms with Crippen LogP contribution in [0, 0.1) is 0 Å². The number of hydrogen-bond acceptors (Lipinski definition) is 1. The topological polar surface area (TPSA) is 9.23 Å². The molecule has 0 aromatic rings. The quantitative estimate of drug-likeness (QED) is 0.362. The molecule has 0 aliphatic carbocycles. The molecule has 0 saturated heterocycles. The van der Waals surface area contributed by atoms with E-state index in [-0.39, 0.29) is 0 Å². The Labute approximate surface area is 91.6 Å². The number of rotatable bonds is 8. The number of hydrogen-bond donors (Lipinski definition) is 0. The van der Waals surface area contributed by atoms with Crippen molar-refractivity contribution >= 4 is 44.6 Å². The Morgan fingerprint density at radius 3 is 2.33 bits per heavy atom. The zero-order valence-corrected chi connectivity index (χ0v) is 10.1. The number of unbranched alkanes of at least 4 members (excludes halogenated alkanes) is 3. The van der Waals surface area contributed by atoms with Gasteiger partial charge in [0, 0.05) is 5.88 Å². The van der Waals surface area contributed by atoms with Gasteiger partial charge < -0.3 is 4.43 Å². The molecule has 0 rings (SSSR count).